The van der Waals surface area contributed by atoms with E-state index in [-0.39, 0.29) is 0 Å². The molecular formula is C16H14ClN3O2. The predicted octanol–water partition coefficient (Wildman–Crippen LogP) is 4.01. The largest absolute Gasteiger partial charge is 0.495 e. The number of halogens is 1. The Morgan fingerprint density at radius 3 is 2.64 bits per heavy atom. The lowest BCUT2D eigenvalue weighted by molar-refractivity contribution is 0.416. The molecule has 0 saturated carbocycles. The normalized spacial score (nSPS) is 10.5. The maximum Gasteiger partial charge on any atom is 0.247 e. The maximum atomic E-state index is 5.86. The molecule has 3 rings (SSSR count). The Morgan fingerprint density at radius 1 is 1.09 bits per heavy atom. The fourth-order valence-corrected chi connectivity index (χ4v) is 2.12. The minimum absolute atomic E-state index is 0.418. The van der Waals surface area contributed by atoms with Crippen LogP contribution in [0.5, 0.6) is 5.75 Å². The molecule has 0 bridgehead atoms. The van der Waals surface area contributed by atoms with Gasteiger partial charge in [0.05, 0.1) is 19.3 Å². The van der Waals surface area contributed by atoms with E-state index in [1.807, 2.05) is 36.4 Å². The van der Waals surface area contributed by atoms with Crippen molar-refractivity contribution >= 4 is 17.3 Å². The minimum atomic E-state index is 0.418. The van der Waals surface area contributed by atoms with Crippen molar-refractivity contribution in [1.29, 1.82) is 0 Å². The van der Waals surface area contributed by atoms with Gasteiger partial charge in [0.1, 0.15) is 5.75 Å². The second kappa shape index (κ2) is 6.49. The zero-order valence-electron chi connectivity index (χ0n) is 11.9. The van der Waals surface area contributed by atoms with Crippen LogP contribution in [0, 0.1) is 0 Å². The van der Waals surface area contributed by atoms with Crippen molar-refractivity contribution in [2.75, 3.05) is 12.4 Å². The molecule has 1 heterocycles. The predicted molar refractivity (Wildman–Crippen MR) is 85.1 cm³/mol. The number of aromatic nitrogens is 2. The van der Waals surface area contributed by atoms with Gasteiger partial charge in [0.25, 0.3) is 0 Å². The van der Waals surface area contributed by atoms with E-state index in [0.717, 1.165) is 17.0 Å². The molecule has 0 fully saturated rings. The highest BCUT2D eigenvalue weighted by molar-refractivity contribution is 6.30. The van der Waals surface area contributed by atoms with Gasteiger partial charge in [-0.3, -0.25) is 0 Å². The molecule has 0 atom stereocenters. The van der Waals surface area contributed by atoms with E-state index >= 15 is 0 Å². The highest BCUT2D eigenvalue weighted by Crippen LogP contribution is 2.24. The number of hydrogen-bond acceptors (Lipinski definition) is 5. The fourth-order valence-electron chi connectivity index (χ4n) is 2.00. The first-order valence-electron chi connectivity index (χ1n) is 6.71. The molecule has 0 radical (unpaired) electrons. The third-order valence-corrected chi connectivity index (χ3v) is 3.35. The van der Waals surface area contributed by atoms with Crippen molar-refractivity contribution in [2.24, 2.45) is 0 Å². The van der Waals surface area contributed by atoms with Gasteiger partial charge >= 0.3 is 0 Å². The van der Waals surface area contributed by atoms with E-state index < -0.39 is 0 Å². The van der Waals surface area contributed by atoms with Crippen LogP contribution >= 0.6 is 11.6 Å². The summed E-state index contributed by atoms with van der Waals surface area (Å²) < 4.78 is 10.9. The summed E-state index contributed by atoms with van der Waals surface area (Å²) in [5, 5.41) is 12.0. The zero-order chi connectivity index (χ0) is 15.4. The van der Waals surface area contributed by atoms with Crippen molar-refractivity contribution in [2.45, 2.75) is 6.54 Å². The number of ether oxygens (including phenoxy) is 1. The third-order valence-electron chi connectivity index (χ3n) is 3.10. The van der Waals surface area contributed by atoms with Gasteiger partial charge in [-0.25, -0.2) is 0 Å². The van der Waals surface area contributed by atoms with Gasteiger partial charge in [0.15, 0.2) is 0 Å². The standard InChI is InChI=1S/C16H14ClN3O2/c1-21-14-5-3-2-4-13(14)18-10-15-19-20-16(22-15)11-6-8-12(17)9-7-11/h2-9,18H,10H2,1H3. The fraction of sp³-hybridized carbons (Fsp3) is 0.125. The van der Waals surface area contributed by atoms with Crippen LogP contribution in [0.25, 0.3) is 11.5 Å². The molecule has 6 heteroatoms. The number of anilines is 1. The molecule has 112 valence electrons. The minimum Gasteiger partial charge on any atom is -0.495 e. The zero-order valence-corrected chi connectivity index (χ0v) is 12.7. The van der Waals surface area contributed by atoms with Crippen LogP contribution in [0.2, 0.25) is 5.02 Å². The van der Waals surface area contributed by atoms with Gasteiger partial charge in [-0.05, 0) is 36.4 Å². The summed E-state index contributed by atoms with van der Waals surface area (Å²) in [5.74, 6) is 1.73. The summed E-state index contributed by atoms with van der Waals surface area (Å²) in [6, 6.07) is 14.9. The molecule has 3 aromatic rings. The SMILES string of the molecule is COc1ccccc1NCc1nnc(-c2ccc(Cl)cc2)o1. The molecular weight excluding hydrogens is 302 g/mol. The van der Waals surface area contributed by atoms with Crippen molar-refractivity contribution in [3.05, 3.63) is 59.4 Å². The summed E-state index contributed by atoms with van der Waals surface area (Å²) in [5.41, 5.74) is 1.71. The number of methoxy groups -OCH3 is 1. The topological polar surface area (TPSA) is 60.2 Å². The average molecular weight is 316 g/mol. The monoisotopic (exact) mass is 315 g/mol. The van der Waals surface area contributed by atoms with Crippen LogP contribution in [-0.4, -0.2) is 17.3 Å². The molecule has 1 aromatic heterocycles. The lowest BCUT2D eigenvalue weighted by atomic mass is 10.2. The Balaban J connectivity index is 1.71. The van der Waals surface area contributed by atoms with Crippen LogP contribution in [-0.2, 0) is 6.54 Å². The Morgan fingerprint density at radius 2 is 1.86 bits per heavy atom. The number of rotatable bonds is 5. The maximum absolute atomic E-state index is 5.86. The lowest BCUT2D eigenvalue weighted by Gasteiger charge is -2.08. The summed E-state index contributed by atoms with van der Waals surface area (Å²) in [7, 11) is 1.63. The van der Waals surface area contributed by atoms with E-state index in [2.05, 4.69) is 15.5 Å². The van der Waals surface area contributed by atoms with Gasteiger partial charge < -0.3 is 14.5 Å². The first kappa shape index (κ1) is 14.4. The first-order chi connectivity index (χ1) is 10.8. The van der Waals surface area contributed by atoms with Crippen LogP contribution < -0.4 is 10.1 Å². The molecule has 0 spiro atoms. The number of nitrogens with zero attached hydrogens (tertiary/aromatic N) is 2. The number of hydrogen-bond donors (Lipinski definition) is 1. The number of benzene rings is 2. The Kier molecular flexibility index (Phi) is 4.25. The van der Waals surface area contributed by atoms with Crippen LogP contribution in [0.15, 0.2) is 52.9 Å². The van der Waals surface area contributed by atoms with Crippen LogP contribution in [0.3, 0.4) is 0 Å². The van der Waals surface area contributed by atoms with Crippen LogP contribution in [0.1, 0.15) is 5.89 Å². The summed E-state index contributed by atoms with van der Waals surface area (Å²) in [4.78, 5) is 0. The van der Waals surface area contributed by atoms with E-state index in [4.69, 9.17) is 20.8 Å². The van der Waals surface area contributed by atoms with Gasteiger partial charge in [-0.15, -0.1) is 10.2 Å². The van der Waals surface area contributed by atoms with Crippen molar-refractivity contribution in [3.63, 3.8) is 0 Å². The van der Waals surface area contributed by atoms with E-state index in [1.165, 1.54) is 0 Å². The molecule has 0 aliphatic carbocycles. The van der Waals surface area contributed by atoms with Crippen molar-refractivity contribution in [1.82, 2.24) is 10.2 Å². The lowest BCUT2D eigenvalue weighted by Crippen LogP contribution is -2.01. The number of nitrogens with one attached hydrogen (secondary N) is 1. The van der Waals surface area contributed by atoms with Crippen molar-refractivity contribution < 1.29 is 9.15 Å². The van der Waals surface area contributed by atoms with E-state index in [9.17, 15) is 0 Å². The molecule has 1 N–H and O–H groups in total. The van der Waals surface area contributed by atoms with E-state index in [0.29, 0.717) is 23.3 Å². The second-order valence-electron chi connectivity index (χ2n) is 4.56. The molecule has 0 aliphatic rings. The smallest absolute Gasteiger partial charge is 0.247 e. The Hall–Kier alpha value is -2.53. The summed E-state index contributed by atoms with van der Waals surface area (Å²) in [6.07, 6.45) is 0. The highest BCUT2D eigenvalue weighted by atomic mass is 35.5. The average Bonchev–Trinajstić information content (AvgIpc) is 3.03. The number of para-hydroxylation sites is 2. The van der Waals surface area contributed by atoms with Crippen LogP contribution in [0.4, 0.5) is 5.69 Å². The van der Waals surface area contributed by atoms with E-state index in [1.54, 1.807) is 19.2 Å². The first-order valence-corrected chi connectivity index (χ1v) is 7.09. The molecule has 2 aromatic carbocycles. The quantitative estimate of drug-likeness (QED) is 0.770. The molecule has 22 heavy (non-hydrogen) atoms. The third kappa shape index (κ3) is 3.20. The molecule has 0 unspecified atom stereocenters. The van der Waals surface area contributed by atoms with Gasteiger partial charge in [-0.2, -0.15) is 0 Å². The van der Waals surface area contributed by atoms with Crippen molar-refractivity contribution in [3.8, 4) is 17.2 Å². The van der Waals surface area contributed by atoms with Gasteiger partial charge in [0.2, 0.25) is 11.8 Å². The van der Waals surface area contributed by atoms with Gasteiger partial charge in [-0.1, -0.05) is 23.7 Å². The van der Waals surface area contributed by atoms with Gasteiger partial charge in [0, 0.05) is 10.6 Å². The summed E-state index contributed by atoms with van der Waals surface area (Å²) in [6.45, 7) is 0.418. The molecule has 0 saturated heterocycles. The Labute approximate surface area is 132 Å². The molecule has 0 aliphatic heterocycles. The molecule has 5 nitrogen and oxygen atoms in total. The molecule has 0 amide bonds. The second-order valence-corrected chi connectivity index (χ2v) is 5.00. The Bertz CT molecular complexity index is 756. The summed E-state index contributed by atoms with van der Waals surface area (Å²) >= 11 is 5.86. The highest BCUT2D eigenvalue weighted by Gasteiger charge is 2.09.